The number of nitrogens with one attached hydrogen (secondary N) is 1. The minimum atomic E-state index is -1.11. The summed E-state index contributed by atoms with van der Waals surface area (Å²) >= 11 is 1.40. The number of imidazole rings is 1. The van der Waals surface area contributed by atoms with Crippen LogP contribution in [-0.2, 0) is 4.74 Å². The molecule has 2 aromatic heterocycles. The van der Waals surface area contributed by atoms with Crippen molar-refractivity contribution in [2.45, 2.75) is 24.5 Å². The molecular weight excluding hydrogens is 356 g/mol. The van der Waals surface area contributed by atoms with E-state index >= 15 is 0 Å². The number of benzene rings is 1. The van der Waals surface area contributed by atoms with Crippen LogP contribution in [0.25, 0.3) is 11.2 Å². The highest BCUT2D eigenvalue weighted by molar-refractivity contribution is 8.00. The lowest BCUT2D eigenvalue weighted by Crippen LogP contribution is -2.32. The number of hydrogen-bond acceptors (Lipinski definition) is 9. The van der Waals surface area contributed by atoms with Crippen molar-refractivity contribution in [3.05, 3.63) is 43.0 Å². The number of ether oxygens (including phenoxy) is 1. The predicted molar refractivity (Wildman–Crippen MR) is 98.2 cm³/mol. The third-order valence-corrected chi connectivity index (χ3v) is 5.09. The van der Waals surface area contributed by atoms with Gasteiger partial charge in [-0.05, 0) is 24.1 Å². The van der Waals surface area contributed by atoms with Crippen LogP contribution in [0.4, 0.5) is 11.5 Å². The number of aliphatic hydroxyl groups is 2. The van der Waals surface area contributed by atoms with E-state index < -0.39 is 24.5 Å². The van der Waals surface area contributed by atoms with Gasteiger partial charge in [-0.25, -0.2) is 15.0 Å². The Labute approximate surface area is 153 Å². The van der Waals surface area contributed by atoms with E-state index in [1.165, 1.54) is 24.6 Å². The van der Waals surface area contributed by atoms with Gasteiger partial charge >= 0.3 is 0 Å². The molecule has 1 saturated heterocycles. The maximum atomic E-state index is 10.4. The van der Waals surface area contributed by atoms with Crippen molar-refractivity contribution >= 4 is 34.6 Å². The molecule has 3 aromatic rings. The zero-order chi connectivity index (χ0) is 18.1. The molecule has 26 heavy (non-hydrogen) atoms. The lowest BCUT2D eigenvalue weighted by molar-refractivity contribution is -0.0288. The number of nitrogens with two attached hydrogens (primary N) is 1. The minimum Gasteiger partial charge on any atom is -0.387 e. The summed E-state index contributed by atoms with van der Waals surface area (Å²) < 4.78 is 10.6. The lowest BCUT2D eigenvalue weighted by atomic mass is 10.1. The molecule has 0 amide bonds. The van der Waals surface area contributed by atoms with Crippen molar-refractivity contribution < 1.29 is 14.9 Å². The van der Waals surface area contributed by atoms with Crippen LogP contribution in [0.2, 0.25) is 0 Å². The number of hydrogen-bond donors (Lipinski definition) is 4. The number of aliphatic hydroxyl groups excluding tert-OH is 2. The highest BCUT2D eigenvalue weighted by atomic mass is 32.2. The van der Waals surface area contributed by atoms with Gasteiger partial charge in [-0.15, -0.1) is 0 Å². The molecule has 0 radical (unpaired) electrons. The van der Waals surface area contributed by atoms with Crippen LogP contribution >= 0.6 is 11.9 Å². The second-order valence-corrected chi connectivity index (χ2v) is 6.73. The molecule has 0 aliphatic carbocycles. The number of anilines is 2. The largest absolute Gasteiger partial charge is 0.387 e. The Morgan fingerprint density at radius 1 is 1.15 bits per heavy atom. The van der Waals surface area contributed by atoms with Crippen LogP contribution in [0.5, 0.6) is 0 Å². The summed E-state index contributed by atoms with van der Waals surface area (Å²) in [5, 5.41) is 20.8. The second-order valence-electron chi connectivity index (χ2n) is 5.91. The van der Waals surface area contributed by atoms with Gasteiger partial charge in [0.25, 0.3) is 0 Å². The minimum absolute atomic E-state index is 0.251. The Hall–Kier alpha value is -2.40. The van der Waals surface area contributed by atoms with Crippen LogP contribution in [0, 0.1) is 0 Å². The highest BCUT2D eigenvalue weighted by Crippen LogP contribution is 2.33. The Morgan fingerprint density at radius 3 is 2.77 bits per heavy atom. The van der Waals surface area contributed by atoms with Gasteiger partial charge in [-0.3, -0.25) is 4.57 Å². The average molecular weight is 374 g/mol. The van der Waals surface area contributed by atoms with E-state index in [2.05, 4.69) is 19.7 Å². The van der Waals surface area contributed by atoms with Crippen molar-refractivity contribution in [3.8, 4) is 0 Å². The van der Waals surface area contributed by atoms with E-state index in [0.29, 0.717) is 16.9 Å². The topological polar surface area (TPSA) is 131 Å². The summed E-state index contributed by atoms with van der Waals surface area (Å²) in [5.74, 6) is 0.703. The molecule has 4 atom stereocenters. The van der Waals surface area contributed by atoms with Gasteiger partial charge in [0.2, 0.25) is 0 Å². The first-order valence-corrected chi connectivity index (χ1v) is 9.01. The molecule has 1 aliphatic rings. The first kappa shape index (κ1) is 17.0. The van der Waals surface area contributed by atoms with Crippen molar-refractivity contribution in [1.82, 2.24) is 19.5 Å². The van der Waals surface area contributed by atoms with Crippen LogP contribution in [0.15, 0.2) is 43.0 Å². The van der Waals surface area contributed by atoms with Gasteiger partial charge < -0.3 is 25.4 Å². The van der Waals surface area contributed by atoms with E-state index in [4.69, 9.17) is 10.5 Å². The molecule has 136 valence electrons. The molecule has 4 rings (SSSR count). The molecule has 9 nitrogen and oxygen atoms in total. The third-order valence-electron chi connectivity index (χ3n) is 4.21. The standard InChI is InChI=1S/C16H18N6O3S/c17-14-11-15(19-7-18-14)22(8-20-11)16-13(24)12(23)10(25-16)6-26-21-9-4-2-1-3-5-9/h1-5,7-8,10,12-13,16,21,23-24H,6H2,(H2,17,18,19)/t10-,12-,13-,16-/m1/s1. The Kier molecular flexibility index (Phi) is 4.64. The lowest BCUT2D eigenvalue weighted by Gasteiger charge is -2.16. The number of rotatable bonds is 5. The SMILES string of the molecule is Nc1ncnc2c1ncn2[C@@H]1O[C@H](CSNc2ccccc2)[C@@H](O)[C@H]1O. The number of nitrogens with zero attached hydrogens (tertiary/aromatic N) is 4. The molecule has 5 N–H and O–H groups in total. The summed E-state index contributed by atoms with van der Waals surface area (Å²) in [4.78, 5) is 12.2. The summed E-state index contributed by atoms with van der Waals surface area (Å²) in [7, 11) is 0. The van der Waals surface area contributed by atoms with Gasteiger partial charge in [0.05, 0.1) is 12.4 Å². The number of aromatic nitrogens is 4. The quantitative estimate of drug-likeness (QED) is 0.479. The summed E-state index contributed by atoms with van der Waals surface area (Å²) in [6, 6.07) is 9.69. The Balaban J connectivity index is 1.46. The van der Waals surface area contributed by atoms with Crippen LogP contribution in [0.3, 0.4) is 0 Å². The summed E-state index contributed by atoms with van der Waals surface area (Å²) in [6.45, 7) is 0. The predicted octanol–water partition coefficient (Wildman–Crippen LogP) is 0.788. The molecule has 10 heteroatoms. The molecule has 0 unspecified atom stereocenters. The normalized spacial score (nSPS) is 25.6. The van der Waals surface area contributed by atoms with E-state index in [0.717, 1.165) is 5.69 Å². The third kappa shape index (κ3) is 3.07. The maximum Gasteiger partial charge on any atom is 0.167 e. The van der Waals surface area contributed by atoms with Crippen molar-refractivity contribution in [2.75, 3.05) is 16.2 Å². The molecular formula is C16H18N6O3S. The van der Waals surface area contributed by atoms with Crippen molar-refractivity contribution in [1.29, 1.82) is 0 Å². The van der Waals surface area contributed by atoms with E-state index in [9.17, 15) is 10.2 Å². The molecule has 0 saturated carbocycles. The second kappa shape index (κ2) is 7.08. The molecule has 0 bridgehead atoms. The fourth-order valence-corrected chi connectivity index (χ4v) is 3.69. The van der Waals surface area contributed by atoms with Gasteiger partial charge in [0.1, 0.15) is 24.1 Å². The molecule has 0 spiro atoms. The molecule has 1 fully saturated rings. The monoisotopic (exact) mass is 374 g/mol. The Morgan fingerprint density at radius 2 is 1.96 bits per heavy atom. The van der Waals surface area contributed by atoms with Crippen LogP contribution < -0.4 is 10.5 Å². The van der Waals surface area contributed by atoms with Crippen molar-refractivity contribution in [3.63, 3.8) is 0 Å². The first-order valence-electron chi connectivity index (χ1n) is 8.02. The smallest absolute Gasteiger partial charge is 0.167 e. The zero-order valence-electron chi connectivity index (χ0n) is 13.6. The average Bonchev–Trinajstić information content (AvgIpc) is 3.20. The fraction of sp³-hybridized carbons (Fsp3) is 0.312. The number of para-hydroxylation sites is 1. The maximum absolute atomic E-state index is 10.4. The summed E-state index contributed by atoms with van der Waals surface area (Å²) in [5.41, 5.74) is 7.62. The molecule has 1 aromatic carbocycles. The van der Waals surface area contributed by atoms with Crippen molar-refractivity contribution in [2.24, 2.45) is 0 Å². The van der Waals surface area contributed by atoms with Crippen LogP contribution in [0.1, 0.15) is 6.23 Å². The van der Waals surface area contributed by atoms with Gasteiger partial charge in [0, 0.05) is 11.4 Å². The molecule has 3 heterocycles. The van der Waals surface area contributed by atoms with Gasteiger partial charge in [-0.1, -0.05) is 18.2 Å². The number of fused-ring (bicyclic) bond motifs is 1. The van der Waals surface area contributed by atoms with Gasteiger partial charge in [-0.2, -0.15) is 0 Å². The first-order chi connectivity index (χ1) is 12.6. The zero-order valence-corrected chi connectivity index (χ0v) is 14.5. The Bertz CT molecular complexity index is 892. The van der Waals surface area contributed by atoms with Crippen LogP contribution in [-0.4, -0.2) is 53.8 Å². The van der Waals surface area contributed by atoms with E-state index in [1.54, 1.807) is 4.57 Å². The van der Waals surface area contributed by atoms with Gasteiger partial charge in [0.15, 0.2) is 17.7 Å². The van der Waals surface area contributed by atoms with E-state index in [-0.39, 0.29) is 5.82 Å². The van der Waals surface area contributed by atoms with E-state index in [1.807, 2.05) is 30.3 Å². The summed E-state index contributed by atoms with van der Waals surface area (Å²) in [6.07, 6.45) is -0.675. The molecule has 1 aliphatic heterocycles. The highest BCUT2D eigenvalue weighted by Gasteiger charge is 2.44. The fourth-order valence-electron chi connectivity index (χ4n) is 2.87. The number of nitrogen functional groups attached to an aromatic ring is 1.